The molecule has 0 bridgehead atoms. The lowest BCUT2D eigenvalue weighted by atomic mass is 9.90. The predicted molar refractivity (Wildman–Crippen MR) is 124 cm³/mol. The fourth-order valence-electron chi connectivity index (χ4n) is 4.04. The summed E-state index contributed by atoms with van der Waals surface area (Å²) in [5.74, 6) is 0. The lowest BCUT2D eigenvalue weighted by molar-refractivity contribution is 0.982. The first-order valence-electron chi connectivity index (χ1n) is 10.3. The van der Waals surface area contributed by atoms with Crippen LogP contribution in [0.25, 0.3) is 33.5 Å². The zero-order valence-electron chi connectivity index (χ0n) is 17.3. The van der Waals surface area contributed by atoms with Crippen LogP contribution in [0, 0.1) is 0 Å². The van der Waals surface area contributed by atoms with E-state index in [1.54, 1.807) is 6.20 Å². The van der Waals surface area contributed by atoms with Crippen LogP contribution in [0.3, 0.4) is 0 Å². The number of pyridine rings is 1. The molecule has 29 heavy (non-hydrogen) atoms. The topological polar surface area (TPSA) is 25.8 Å². The van der Waals surface area contributed by atoms with Crippen molar-refractivity contribution in [3.8, 4) is 33.5 Å². The molecule has 146 valence electrons. The summed E-state index contributed by atoms with van der Waals surface area (Å²) in [6, 6.07) is 17.5. The van der Waals surface area contributed by atoms with E-state index in [1.165, 1.54) is 50.5 Å². The molecule has 4 rings (SSSR count). The van der Waals surface area contributed by atoms with Crippen LogP contribution in [0.5, 0.6) is 0 Å². The van der Waals surface area contributed by atoms with Crippen molar-refractivity contribution >= 4 is 11.5 Å². The molecule has 2 aromatic carbocycles. The number of nitrogens with zero attached hydrogens (tertiary/aromatic N) is 2. The van der Waals surface area contributed by atoms with Crippen molar-refractivity contribution in [2.75, 3.05) is 0 Å². The van der Waals surface area contributed by atoms with E-state index in [9.17, 15) is 0 Å². The zero-order valence-corrected chi connectivity index (χ0v) is 18.1. The highest BCUT2D eigenvalue weighted by atomic mass is 32.1. The van der Waals surface area contributed by atoms with Gasteiger partial charge >= 0.3 is 0 Å². The highest BCUT2D eigenvalue weighted by molar-refractivity contribution is 7.04. The summed E-state index contributed by atoms with van der Waals surface area (Å²) >= 11 is 1.53. The molecule has 0 aliphatic carbocycles. The molecule has 0 unspecified atom stereocenters. The molecule has 2 heterocycles. The van der Waals surface area contributed by atoms with Gasteiger partial charge in [-0.05, 0) is 82.4 Å². The monoisotopic (exact) mass is 398 g/mol. The highest BCUT2D eigenvalue weighted by Crippen LogP contribution is 2.36. The summed E-state index contributed by atoms with van der Waals surface area (Å²) in [4.78, 5) is 4.23. The van der Waals surface area contributed by atoms with Gasteiger partial charge in [-0.2, -0.15) is 4.37 Å². The minimum absolute atomic E-state index is 1.06. The second-order valence-corrected chi connectivity index (χ2v) is 7.86. The molecule has 0 aliphatic heterocycles. The average molecular weight is 399 g/mol. The van der Waals surface area contributed by atoms with Gasteiger partial charge < -0.3 is 0 Å². The van der Waals surface area contributed by atoms with E-state index in [1.807, 2.05) is 12.3 Å². The minimum atomic E-state index is 1.06. The summed E-state index contributed by atoms with van der Waals surface area (Å²) in [6.45, 7) is 6.75. The Labute approximate surface area is 177 Å². The van der Waals surface area contributed by atoms with Crippen LogP contribution in [0.1, 0.15) is 37.5 Å². The molecule has 0 atom stereocenters. The van der Waals surface area contributed by atoms with Gasteiger partial charge in [0.2, 0.25) is 0 Å². The summed E-state index contributed by atoms with van der Waals surface area (Å²) < 4.78 is 4.78. The Kier molecular flexibility index (Phi) is 5.86. The van der Waals surface area contributed by atoms with E-state index in [4.69, 9.17) is 4.37 Å². The second-order valence-electron chi connectivity index (χ2n) is 7.23. The van der Waals surface area contributed by atoms with Gasteiger partial charge in [-0.3, -0.25) is 4.98 Å². The van der Waals surface area contributed by atoms with Gasteiger partial charge in [0.05, 0.1) is 5.69 Å². The van der Waals surface area contributed by atoms with Gasteiger partial charge in [-0.25, -0.2) is 0 Å². The zero-order chi connectivity index (χ0) is 20.2. The molecule has 0 saturated heterocycles. The van der Waals surface area contributed by atoms with Crippen LogP contribution in [-0.2, 0) is 19.3 Å². The Morgan fingerprint density at radius 1 is 0.759 bits per heavy atom. The average Bonchev–Trinajstić information content (AvgIpc) is 3.28. The number of hydrogen-bond acceptors (Lipinski definition) is 3. The van der Waals surface area contributed by atoms with Crippen LogP contribution >= 0.6 is 11.5 Å². The lowest BCUT2D eigenvalue weighted by Crippen LogP contribution is -1.99. The van der Waals surface area contributed by atoms with Crippen LogP contribution < -0.4 is 0 Å². The number of rotatable bonds is 6. The molecule has 0 fully saturated rings. The maximum Gasteiger partial charge on any atom is 0.0919 e. The Balaban J connectivity index is 1.74. The summed E-state index contributed by atoms with van der Waals surface area (Å²) in [7, 11) is 0. The molecule has 0 saturated carbocycles. The van der Waals surface area contributed by atoms with E-state index in [2.05, 4.69) is 73.6 Å². The number of aromatic nitrogens is 2. The molecule has 3 heteroatoms. The van der Waals surface area contributed by atoms with E-state index >= 15 is 0 Å². The quantitative estimate of drug-likeness (QED) is 0.342. The van der Waals surface area contributed by atoms with Crippen molar-refractivity contribution in [1.29, 1.82) is 0 Å². The summed E-state index contributed by atoms with van der Waals surface area (Å²) in [5, 5.41) is 2.17. The molecular formula is C26H26N2S. The van der Waals surface area contributed by atoms with E-state index in [0.29, 0.717) is 0 Å². The van der Waals surface area contributed by atoms with Crippen LogP contribution in [-0.4, -0.2) is 9.36 Å². The maximum atomic E-state index is 4.78. The van der Waals surface area contributed by atoms with Gasteiger partial charge in [0.25, 0.3) is 0 Å². The van der Waals surface area contributed by atoms with E-state index < -0.39 is 0 Å². The normalized spacial score (nSPS) is 11.0. The molecule has 0 amide bonds. The Hall–Kier alpha value is -2.78. The third kappa shape index (κ3) is 3.88. The fourth-order valence-corrected chi connectivity index (χ4v) is 4.76. The second kappa shape index (κ2) is 8.71. The first-order valence-corrected chi connectivity index (χ1v) is 11.2. The van der Waals surface area contributed by atoms with Crippen molar-refractivity contribution in [3.63, 3.8) is 0 Å². The van der Waals surface area contributed by atoms with Gasteiger partial charge in [-0.15, -0.1) is 0 Å². The van der Waals surface area contributed by atoms with Gasteiger partial charge in [0, 0.05) is 28.9 Å². The highest BCUT2D eigenvalue weighted by Gasteiger charge is 2.15. The summed E-state index contributed by atoms with van der Waals surface area (Å²) in [5.41, 5.74) is 11.5. The Bertz CT molecular complexity index is 1070. The Morgan fingerprint density at radius 3 is 2.03 bits per heavy atom. The smallest absolute Gasteiger partial charge is 0.0919 e. The first-order chi connectivity index (χ1) is 14.2. The number of benzene rings is 2. The van der Waals surface area contributed by atoms with Gasteiger partial charge in [0.1, 0.15) is 0 Å². The minimum Gasteiger partial charge on any atom is -0.264 e. The lowest BCUT2D eigenvalue weighted by Gasteiger charge is -2.15. The summed E-state index contributed by atoms with van der Waals surface area (Å²) in [6.07, 6.45) is 6.92. The van der Waals surface area contributed by atoms with Crippen molar-refractivity contribution in [2.24, 2.45) is 0 Å². The predicted octanol–water partition coefficient (Wildman–Crippen LogP) is 7.23. The molecule has 4 aromatic rings. The van der Waals surface area contributed by atoms with Crippen LogP contribution in [0.4, 0.5) is 0 Å². The van der Waals surface area contributed by atoms with Gasteiger partial charge in [-0.1, -0.05) is 51.1 Å². The van der Waals surface area contributed by atoms with Crippen LogP contribution in [0.2, 0.25) is 0 Å². The fraction of sp³-hybridized carbons (Fsp3) is 0.231. The molecule has 0 spiro atoms. The molecule has 2 nitrogen and oxygen atoms in total. The van der Waals surface area contributed by atoms with Crippen molar-refractivity contribution < 1.29 is 0 Å². The van der Waals surface area contributed by atoms with Crippen molar-refractivity contribution in [2.45, 2.75) is 40.0 Å². The molecule has 0 aliphatic rings. The maximum absolute atomic E-state index is 4.78. The Morgan fingerprint density at radius 2 is 1.45 bits per heavy atom. The third-order valence-electron chi connectivity index (χ3n) is 5.58. The number of aryl methyl sites for hydroxylation is 2. The van der Waals surface area contributed by atoms with Gasteiger partial charge in [0.15, 0.2) is 0 Å². The SMILES string of the molecule is CCc1cc(-c2nscc2-c2ccc(-c3cccnc3)cc2)cc(CC)c1CC. The van der Waals surface area contributed by atoms with E-state index in [-0.39, 0.29) is 0 Å². The largest absolute Gasteiger partial charge is 0.264 e. The van der Waals surface area contributed by atoms with E-state index in [0.717, 1.165) is 30.5 Å². The standard InChI is InChI=1S/C26H26N2S/c1-4-18-14-23(15-19(5-2)24(18)6-3)26-25(17-29-28-26)21-11-9-20(10-12-21)22-8-7-13-27-16-22/h7-17H,4-6H2,1-3H3. The first kappa shape index (κ1) is 19.5. The molecule has 2 aromatic heterocycles. The van der Waals surface area contributed by atoms with Crippen molar-refractivity contribution in [3.05, 3.63) is 83.0 Å². The molecular weight excluding hydrogens is 372 g/mol. The van der Waals surface area contributed by atoms with Crippen LogP contribution in [0.15, 0.2) is 66.3 Å². The number of hydrogen-bond donors (Lipinski definition) is 0. The molecule has 0 radical (unpaired) electrons. The molecule has 0 N–H and O–H groups in total. The third-order valence-corrected chi connectivity index (χ3v) is 6.21. The van der Waals surface area contributed by atoms with Crippen molar-refractivity contribution in [1.82, 2.24) is 9.36 Å².